The number of anilines is 2. The van der Waals surface area contributed by atoms with Crippen molar-refractivity contribution in [1.29, 1.82) is 0 Å². The lowest BCUT2D eigenvalue weighted by atomic mass is 10.1. The van der Waals surface area contributed by atoms with E-state index in [0.29, 0.717) is 34.2 Å². The van der Waals surface area contributed by atoms with Gasteiger partial charge in [0.25, 0.3) is 10.0 Å². The van der Waals surface area contributed by atoms with Gasteiger partial charge in [-0.1, -0.05) is 29.5 Å². The Labute approximate surface area is 194 Å². The van der Waals surface area contributed by atoms with Crippen LogP contribution >= 0.6 is 11.3 Å². The fourth-order valence-corrected chi connectivity index (χ4v) is 5.71. The molecule has 4 aromatic rings. The maximum absolute atomic E-state index is 12.9. The first-order valence-electron chi connectivity index (χ1n) is 10.1. The second-order valence-electron chi connectivity index (χ2n) is 7.41. The summed E-state index contributed by atoms with van der Waals surface area (Å²) in [6.07, 6.45) is 2.60. The first kappa shape index (κ1) is 21.2. The molecule has 0 aliphatic carbocycles. The number of benzene rings is 3. The highest BCUT2D eigenvalue weighted by molar-refractivity contribution is 7.93. The summed E-state index contributed by atoms with van der Waals surface area (Å²) in [7, 11) is -2.31. The molecule has 0 saturated carbocycles. The fraction of sp³-hybridized carbons (Fsp3) is 0.130. The van der Waals surface area contributed by atoms with Gasteiger partial charge in [0.15, 0.2) is 16.6 Å². The second kappa shape index (κ2) is 8.38. The molecule has 33 heavy (non-hydrogen) atoms. The number of sulfonamides is 1. The number of hydrogen-bond donors (Lipinski definition) is 3. The molecule has 1 aliphatic rings. The normalized spacial score (nSPS) is 12.6. The number of para-hydroxylation sites is 1. The van der Waals surface area contributed by atoms with Gasteiger partial charge in [0.2, 0.25) is 0 Å². The Bertz CT molecular complexity index is 1480. The predicted molar refractivity (Wildman–Crippen MR) is 131 cm³/mol. The quantitative estimate of drug-likeness (QED) is 0.354. The van der Waals surface area contributed by atoms with Crippen molar-refractivity contribution >= 4 is 54.3 Å². The van der Waals surface area contributed by atoms with Crippen molar-refractivity contribution in [2.24, 2.45) is 4.99 Å². The van der Waals surface area contributed by atoms with Gasteiger partial charge in [-0.05, 0) is 42.0 Å². The van der Waals surface area contributed by atoms with Crippen LogP contribution in [-0.2, 0) is 23.0 Å². The molecule has 168 valence electrons. The number of thiazole rings is 1. The zero-order chi connectivity index (χ0) is 23.0. The van der Waals surface area contributed by atoms with Crippen molar-refractivity contribution < 1.29 is 18.3 Å². The molecule has 0 amide bonds. The van der Waals surface area contributed by atoms with Crippen LogP contribution in [0.4, 0.5) is 16.5 Å². The van der Waals surface area contributed by atoms with Crippen molar-refractivity contribution in [3.63, 3.8) is 0 Å². The molecule has 1 aromatic heterocycles. The zero-order valence-electron chi connectivity index (χ0n) is 17.6. The lowest BCUT2D eigenvalue weighted by Gasteiger charge is -2.11. The van der Waals surface area contributed by atoms with Crippen LogP contribution in [0.25, 0.3) is 10.2 Å². The molecule has 0 saturated heterocycles. The van der Waals surface area contributed by atoms with E-state index in [2.05, 4.69) is 20.0 Å². The summed E-state index contributed by atoms with van der Waals surface area (Å²) in [5.74, 6) is 0.469. The number of fused-ring (bicyclic) bond motifs is 3. The van der Waals surface area contributed by atoms with Gasteiger partial charge in [0.05, 0.1) is 22.4 Å². The number of phenols is 1. The molecule has 8 nitrogen and oxygen atoms in total. The summed E-state index contributed by atoms with van der Waals surface area (Å²) < 4.78 is 34.3. The molecule has 0 unspecified atom stereocenters. The maximum Gasteiger partial charge on any atom is 0.263 e. The van der Waals surface area contributed by atoms with Gasteiger partial charge < -0.3 is 15.2 Å². The lowest BCUT2D eigenvalue weighted by molar-refractivity contribution is 0.371. The van der Waals surface area contributed by atoms with Crippen LogP contribution in [0.2, 0.25) is 0 Å². The summed E-state index contributed by atoms with van der Waals surface area (Å²) in [5, 5.41) is 13.7. The van der Waals surface area contributed by atoms with E-state index in [9.17, 15) is 13.5 Å². The number of methoxy groups -OCH3 is 1. The molecule has 3 aromatic carbocycles. The Morgan fingerprint density at radius 3 is 2.73 bits per heavy atom. The van der Waals surface area contributed by atoms with Crippen LogP contribution in [0.5, 0.6) is 11.5 Å². The van der Waals surface area contributed by atoms with Crippen LogP contribution in [0, 0.1) is 0 Å². The highest BCUT2D eigenvalue weighted by Crippen LogP contribution is 2.37. The van der Waals surface area contributed by atoms with E-state index >= 15 is 0 Å². The predicted octanol–water partition coefficient (Wildman–Crippen LogP) is 4.68. The van der Waals surface area contributed by atoms with Gasteiger partial charge in [-0.15, -0.1) is 0 Å². The van der Waals surface area contributed by atoms with E-state index in [4.69, 9.17) is 4.74 Å². The van der Waals surface area contributed by atoms with Crippen LogP contribution in [0.1, 0.15) is 11.1 Å². The van der Waals surface area contributed by atoms with Gasteiger partial charge in [0.1, 0.15) is 5.52 Å². The Morgan fingerprint density at radius 1 is 1.12 bits per heavy atom. The smallest absolute Gasteiger partial charge is 0.263 e. The summed E-state index contributed by atoms with van der Waals surface area (Å²) >= 11 is 1.28. The van der Waals surface area contributed by atoms with Crippen molar-refractivity contribution in [2.45, 2.75) is 17.9 Å². The van der Waals surface area contributed by atoms with Gasteiger partial charge >= 0.3 is 0 Å². The lowest BCUT2D eigenvalue weighted by Crippen LogP contribution is -2.12. The number of nitrogens with zero attached hydrogens (tertiary/aromatic N) is 2. The molecular weight excluding hydrogens is 460 g/mol. The maximum atomic E-state index is 12.9. The first-order chi connectivity index (χ1) is 15.9. The number of aromatic nitrogens is 1. The zero-order valence-corrected chi connectivity index (χ0v) is 19.2. The minimum Gasteiger partial charge on any atom is -0.504 e. The molecule has 0 radical (unpaired) electrons. The van der Waals surface area contributed by atoms with E-state index in [1.807, 2.05) is 18.3 Å². The van der Waals surface area contributed by atoms with Crippen LogP contribution in [0.15, 0.2) is 64.5 Å². The molecule has 10 heteroatoms. The average Bonchev–Trinajstić information content (AvgIpc) is 3.44. The number of phenolic OH excluding ortho intramolecular Hbond substituents is 1. The van der Waals surface area contributed by atoms with Gasteiger partial charge in [-0.2, -0.15) is 0 Å². The molecule has 0 atom stereocenters. The van der Waals surface area contributed by atoms with Gasteiger partial charge in [-0.25, -0.2) is 13.4 Å². The van der Waals surface area contributed by atoms with Crippen molar-refractivity contribution in [2.75, 3.05) is 17.1 Å². The van der Waals surface area contributed by atoms with Crippen molar-refractivity contribution in [1.82, 2.24) is 4.98 Å². The monoisotopic (exact) mass is 480 g/mol. The third-order valence-corrected chi connectivity index (χ3v) is 7.74. The molecule has 3 N–H and O–H groups in total. The SMILES string of the molecule is COc1cccc(CNc2ccc(S(=O)(=O)Nc3nc4c5c(ccc4s3)CC=N5)cc2)c1O. The second-order valence-corrected chi connectivity index (χ2v) is 10.1. The van der Waals surface area contributed by atoms with Crippen LogP contribution < -0.4 is 14.8 Å². The number of ether oxygens (including phenoxy) is 1. The molecule has 0 spiro atoms. The van der Waals surface area contributed by atoms with Crippen LogP contribution in [-0.4, -0.2) is 31.8 Å². The Hall–Kier alpha value is -3.63. The van der Waals surface area contributed by atoms with E-state index in [1.165, 1.54) is 30.6 Å². The molecular formula is C23H20N4O4S2. The molecule has 0 bridgehead atoms. The van der Waals surface area contributed by atoms with Crippen LogP contribution in [0.3, 0.4) is 0 Å². The number of rotatable bonds is 7. The van der Waals surface area contributed by atoms with E-state index in [0.717, 1.165) is 22.4 Å². The third kappa shape index (κ3) is 4.10. The highest BCUT2D eigenvalue weighted by atomic mass is 32.2. The van der Waals surface area contributed by atoms with Gasteiger partial charge in [0, 0.05) is 30.4 Å². The van der Waals surface area contributed by atoms with Crippen molar-refractivity contribution in [3.8, 4) is 11.5 Å². The Morgan fingerprint density at radius 2 is 1.94 bits per heavy atom. The summed E-state index contributed by atoms with van der Waals surface area (Å²) in [6.45, 7) is 0.353. The van der Waals surface area contributed by atoms with Gasteiger partial charge in [-0.3, -0.25) is 9.71 Å². The van der Waals surface area contributed by atoms with E-state index in [-0.39, 0.29) is 10.6 Å². The largest absolute Gasteiger partial charge is 0.504 e. The summed E-state index contributed by atoms with van der Waals surface area (Å²) in [6, 6.07) is 15.6. The molecule has 0 fully saturated rings. The molecule has 2 heterocycles. The summed E-state index contributed by atoms with van der Waals surface area (Å²) in [5.41, 5.74) is 3.99. The molecule has 5 rings (SSSR count). The van der Waals surface area contributed by atoms with Crippen molar-refractivity contribution in [3.05, 3.63) is 65.7 Å². The fourth-order valence-electron chi connectivity index (χ4n) is 3.61. The van der Waals surface area contributed by atoms with E-state index < -0.39 is 10.0 Å². The third-order valence-electron chi connectivity index (χ3n) is 5.32. The van der Waals surface area contributed by atoms with E-state index in [1.54, 1.807) is 30.3 Å². The number of hydrogen-bond acceptors (Lipinski definition) is 8. The minimum absolute atomic E-state index is 0.0723. The Kier molecular flexibility index (Phi) is 5.39. The topological polar surface area (TPSA) is 113 Å². The first-order valence-corrected chi connectivity index (χ1v) is 12.4. The number of aromatic hydroxyl groups is 1. The Balaban J connectivity index is 1.30. The minimum atomic E-state index is -3.80. The standard InChI is InChI=1S/C23H20N4O4S2/c1-31-18-4-2-3-15(22(18)28)13-25-16-6-8-17(9-7-16)33(29,30)27-23-26-21-19(32-23)10-5-14-11-12-24-20(14)21/h2-10,12,25,28H,11,13H2,1H3,(H,26,27). The number of aliphatic imine (C=N–C) groups is 1. The highest BCUT2D eigenvalue weighted by Gasteiger charge is 2.19. The summed E-state index contributed by atoms with van der Waals surface area (Å²) in [4.78, 5) is 8.96. The molecule has 1 aliphatic heterocycles. The average molecular weight is 481 g/mol. The number of nitrogens with one attached hydrogen (secondary N) is 2.